The molecule has 13 heavy (non-hydrogen) atoms. The Hall–Kier alpha value is -0.560. The van der Waals surface area contributed by atoms with Gasteiger partial charge in [-0.2, -0.15) is 0 Å². The van der Waals surface area contributed by atoms with Crippen LogP contribution in [0.25, 0.3) is 0 Å². The van der Waals surface area contributed by atoms with Crippen molar-refractivity contribution in [2.24, 2.45) is 5.41 Å². The Morgan fingerprint density at radius 3 is 3.00 bits per heavy atom. The van der Waals surface area contributed by atoms with Gasteiger partial charge in [-0.05, 0) is 28.8 Å². The van der Waals surface area contributed by atoms with Crippen molar-refractivity contribution < 1.29 is 0 Å². The highest BCUT2D eigenvalue weighted by atomic mass is 32.1. The summed E-state index contributed by atoms with van der Waals surface area (Å²) in [5.41, 5.74) is 2.08. The van der Waals surface area contributed by atoms with Gasteiger partial charge in [0.1, 0.15) is 0 Å². The quantitative estimate of drug-likeness (QED) is 0.544. The number of fused-ring (bicyclic) bond motifs is 1. The lowest BCUT2D eigenvalue weighted by atomic mass is 9.61. The maximum absolute atomic E-state index is 2.42. The minimum absolute atomic E-state index is 0.480. The molecule has 1 aromatic rings. The van der Waals surface area contributed by atoms with Gasteiger partial charge in [0.05, 0.1) is 0 Å². The van der Waals surface area contributed by atoms with Crippen LogP contribution >= 0.6 is 11.3 Å². The van der Waals surface area contributed by atoms with Crippen LogP contribution in [0.4, 0.5) is 0 Å². The zero-order chi connectivity index (χ0) is 9.05. The normalized spacial score (nSPS) is 33.4. The highest BCUT2D eigenvalue weighted by molar-refractivity contribution is 7.10. The molecule has 2 atom stereocenters. The van der Waals surface area contributed by atoms with Gasteiger partial charge in [0.25, 0.3) is 0 Å². The van der Waals surface area contributed by atoms with Crippen LogP contribution in [0, 0.1) is 5.41 Å². The SMILES string of the molecule is CC1(C)CC2C=CC1c1ccsc12. The summed E-state index contributed by atoms with van der Waals surface area (Å²) >= 11 is 1.94. The number of thiophene rings is 1. The highest BCUT2D eigenvalue weighted by Crippen LogP contribution is 2.56. The molecule has 0 saturated carbocycles. The summed E-state index contributed by atoms with van der Waals surface area (Å²) < 4.78 is 0. The molecule has 0 aliphatic heterocycles. The van der Waals surface area contributed by atoms with Crippen molar-refractivity contribution in [1.29, 1.82) is 0 Å². The van der Waals surface area contributed by atoms with Gasteiger partial charge in [-0.1, -0.05) is 26.0 Å². The third-order valence-electron chi connectivity index (χ3n) is 3.52. The predicted molar refractivity (Wildman–Crippen MR) is 57.3 cm³/mol. The first-order valence-corrected chi connectivity index (χ1v) is 5.82. The van der Waals surface area contributed by atoms with E-state index in [-0.39, 0.29) is 0 Å². The van der Waals surface area contributed by atoms with Crippen LogP contribution in [0.3, 0.4) is 0 Å². The number of allylic oxidation sites excluding steroid dienone is 2. The number of hydrogen-bond donors (Lipinski definition) is 0. The van der Waals surface area contributed by atoms with E-state index in [2.05, 4.69) is 37.4 Å². The standard InChI is InChI=1S/C12H14S/c1-12(2)7-8-3-4-10(12)9-5-6-13-11(8)9/h3-6,8,10H,7H2,1-2H3. The molecule has 68 valence electrons. The van der Waals surface area contributed by atoms with E-state index in [9.17, 15) is 0 Å². The van der Waals surface area contributed by atoms with E-state index < -0.39 is 0 Å². The average molecular weight is 190 g/mol. The van der Waals surface area contributed by atoms with Crippen molar-refractivity contribution in [2.75, 3.05) is 0 Å². The number of rotatable bonds is 0. The minimum Gasteiger partial charge on any atom is -0.148 e. The van der Waals surface area contributed by atoms with E-state index in [1.165, 1.54) is 6.42 Å². The minimum atomic E-state index is 0.480. The van der Waals surface area contributed by atoms with Crippen LogP contribution < -0.4 is 0 Å². The van der Waals surface area contributed by atoms with E-state index in [0.29, 0.717) is 11.3 Å². The lowest BCUT2D eigenvalue weighted by molar-refractivity contribution is 0.254. The average Bonchev–Trinajstić information content (AvgIpc) is 2.51. The van der Waals surface area contributed by atoms with Crippen molar-refractivity contribution in [1.82, 2.24) is 0 Å². The second-order valence-electron chi connectivity index (χ2n) is 4.90. The Morgan fingerprint density at radius 2 is 2.23 bits per heavy atom. The van der Waals surface area contributed by atoms with Crippen LogP contribution in [-0.4, -0.2) is 0 Å². The van der Waals surface area contributed by atoms with Crippen LogP contribution in [0.1, 0.15) is 42.5 Å². The molecule has 3 aliphatic carbocycles. The molecule has 3 aliphatic rings. The van der Waals surface area contributed by atoms with E-state index in [0.717, 1.165) is 5.92 Å². The Bertz CT molecular complexity index is 370. The molecule has 0 aromatic carbocycles. The summed E-state index contributed by atoms with van der Waals surface area (Å²) in [6.45, 7) is 4.80. The fourth-order valence-corrected chi connectivity index (χ4v) is 3.89. The second-order valence-corrected chi connectivity index (χ2v) is 5.85. The van der Waals surface area contributed by atoms with E-state index >= 15 is 0 Å². The molecule has 2 bridgehead atoms. The maximum atomic E-state index is 2.42. The molecular weight excluding hydrogens is 176 g/mol. The molecule has 0 N–H and O–H groups in total. The topological polar surface area (TPSA) is 0 Å². The van der Waals surface area contributed by atoms with Gasteiger partial charge in [-0.25, -0.2) is 0 Å². The van der Waals surface area contributed by atoms with Gasteiger partial charge in [-0.3, -0.25) is 0 Å². The fraction of sp³-hybridized carbons (Fsp3) is 0.500. The molecular formula is C12H14S. The molecule has 1 heteroatoms. The molecule has 0 saturated heterocycles. The molecule has 2 unspecified atom stereocenters. The molecule has 1 heterocycles. The molecule has 0 amide bonds. The number of hydrogen-bond acceptors (Lipinski definition) is 1. The van der Waals surface area contributed by atoms with Crippen molar-refractivity contribution in [3.8, 4) is 0 Å². The first-order chi connectivity index (χ1) is 6.18. The predicted octanol–water partition coefficient (Wildman–Crippen LogP) is 3.92. The third kappa shape index (κ3) is 0.912. The van der Waals surface area contributed by atoms with Crippen molar-refractivity contribution in [2.45, 2.75) is 32.1 Å². The molecule has 0 fully saturated rings. The fourth-order valence-electron chi connectivity index (χ4n) is 2.86. The Balaban J connectivity index is 2.22. The van der Waals surface area contributed by atoms with Crippen molar-refractivity contribution in [3.05, 3.63) is 34.0 Å². The summed E-state index contributed by atoms with van der Waals surface area (Å²) in [6, 6.07) is 2.32. The largest absolute Gasteiger partial charge is 0.148 e. The highest BCUT2D eigenvalue weighted by Gasteiger charge is 2.41. The molecule has 0 radical (unpaired) electrons. The van der Waals surface area contributed by atoms with Gasteiger partial charge in [-0.15, -0.1) is 11.3 Å². The Morgan fingerprint density at radius 1 is 1.38 bits per heavy atom. The van der Waals surface area contributed by atoms with Gasteiger partial charge in [0.15, 0.2) is 0 Å². The lowest BCUT2D eigenvalue weighted by Crippen LogP contribution is -2.31. The molecule has 0 nitrogen and oxygen atoms in total. The van der Waals surface area contributed by atoms with Gasteiger partial charge >= 0.3 is 0 Å². The van der Waals surface area contributed by atoms with Crippen molar-refractivity contribution in [3.63, 3.8) is 0 Å². The zero-order valence-electron chi connectivity index (χ0n) is 8.08. The Labute approximate surface area is 83.3 Å². The van der Waals surface area contributed by atoms with Crippen LogP contribution in [0.2, 0.25) is 0 Å². The van der Waals surface area contributed by atoms with E-state index in [4.69, 9.17) is 0 Å². The Kier molecular flexibility index (Phi) is 1.36. The van der Waals surface area contributed by atoms with Crippen molar-refractivity contribution >= 4 is 11.3 Å². The smallest absolute Gasteiger partial charge is 0.0152 e. The van der Waals surface area contributed by atoms with E-state index in [1.807, 2.05) is 11.3 Å². The summed E-state index contributed by atoms with van der Waals surface area (Å²) in [5, 5.41) is 2.25. The monoisotopic (exact) mass is 190 g/mol. The summed E-state index contributed by atoms with van der Waals surface area (Å²) in [5.74, 6) is 1.40. The summed E-state index contributed by atoms with van der Waals surface area (Å²) in [7, 11) is 0. The molecule has 1 aromatic heterocycles. The summed E-state index contributed by atoms with van der Waals surface area (Å²) in [6.07, 6.45) is 6.17. The van der Waals surface area contributed by atoms with Gasteiger partial charge in [0, 0.05) is 16.7 Å². The summed E-state index contributed by atoms with van der Waals surface area (Å²) in [4.78, 5) is 1.63. The van der Waals surface area contributed by atoms with Gasteiger partial charge in [0.2, 0.25) is 0 Å². The molecule has 0 spiro atoms. The second kappa shape index (κ2) is 2.27. The molecule has 4 rings (SSSR count). The van der Waals surface area contributed by atoms with Crippen LogP contribution in [0.5, 0.6) is 0 Å². The third-order valence-corrected chi connectivity index (χ3v) is 4.59. The maximum Gasteiger partial charge on any atom is 0.0152 e. The van der Waals surface area contributed by atoms with Crippen LogP contribution in [-0.2, 0) is 0 Å². The first kappa shape index (κ1) is 7.81. The van der Waals surface area contributed by atoms with E-state index in [1.54, 1.807) is 10.4 Å². The zero-order valence-corrected chi connectivity index (χ0v) is 8.90. The first-order valence-electron chi connectivity index (χ1n) is 4.94. The van der Waals surface area contributed by atoms with Gasteiger partial charge < -0.3 is 0 Å². The van der Waals surface area contributed by atoms with Crippen LogP contribution in [0.15, 0.2) is 23.6 Å². The lowest BCUT2D eigenvalue weighted by Gasteiger charge is -2.44.